The van der Waals surface area contributed by atoms with Crippen LogP contribution >= 0.6 is 11.3 Å². The molecule has 0 radical (unpaired) electrons. The van der Waals surface area contributed by atoms with E-state index in [-0.39, 0.29) is 35.1 Å². The fourth-order valence-electron chi connectivity index (χ4n) is 6.44. The first-order valence-electron chi connectivity index (χ1n) is 15.1. The highest BCUT2D eigenvalue weighted by Crippen LogP contribution is 2.52. The van der Waals surface area contributed by atoms with E-state index in [1.165, 1.54) is 35.6 Å². The molecule has 2 aliphatic rings. The van der Waals surface area contributed by atoms with Crippen LogP contribution in [0, 0.1) is 32.7 Å². The lowest BCUT2D eigenvalue weighted by molar-refractivity contribution is -0.384. The van der Waals surface area contributed by atoms with Crippen molar-refractivity contribution in [2.24, 2.45) is 11.1 Å². The van der Waals surface area contributed by atoms with Gasteiger partial charge in [-0.2, -0.15) is 10.4 Å². The number of non-ortho nitro benzene ring substituents is 1. The second kappa shape index (κ2) is 11.7. The van der Waals surface area contributed by atoms with E-state index in [9.17, 15) is 24.6 Å². The van der Waals surface area contributed by atoms with Crippen LogP contribution < -0.4 is 10.6 Å². The highest BCUT2D eigenvalue weighted by atomic mass is 32.1. The maximum Gasteiger partial charge on any atom is 0.269 e. The summed E-state index contributed by atoms with van der Waals surface area (Å²) in [5.74, 6) is -1.18. The van der Waals surface area contributed by atoms with Gasteiger partial charge in [0.1, 0.15) is 11.6 Å². The Labute approximate surface area is 279 Å². The van der Waals surface area contributed by atoms with Crippen molar-refractivity contribution in [3.8, 4) is 34.3 Å². The van der Waals surface area contributed by atoms with Gasteiger partial charge in [0, 0.05) is 58.1 Å². The van der Waals surface area contributed by atoms with E-state index in [2.05, 4.69) is 6.07 Å². The third kappa shape index (κ3) is 5.34. The van der Waals surface area contributed by atoms with Crippen LogP contribution in [0.25, 0.3) is 28.2 Å². The van der Waals surface area contributed by atoms with Gasteiger partial charge in [-0.25, -0.2) is 14.1 Å². The van der Waals surface area contributed by atoms with Crippen molar-refractivity contribution in [1.82, 2.24) is 14.8 Å². The lowest BCUT2D eigenvalue weighted by Crippen LogP contribution is -2.42. The minimum absolute atomic E-state index is 0.0731. The number of anilines is 1. The minimum atomic E-state index is -0.857. The zero-order valence-electron chi connectivity index (χ0n) is 25.9. The van der Waals surface area contributed by atoms with Crippen molar-refractivity contribution < 1.29 is 14.1 Å². The molecule has 3 aromatic carbocycles. The van der Waals surface area contributed by atoms with Gasteiger partial charge in [-0.1, -0.05) is 32.0 Å². The van der Waals surface area contributed by atoms with Gasteiger partial charge in [0.15, 0.2) is 10.9 Å². The number of allylic oxidation sites excluding steroid dienone is 3. The Kier molecular flexibility index (Phi) is 7.49. The Morgan fingerprint density at radius 1 is 1.04 bits per heavy atom. The van der Waals surface area contributed by atoms with Crippen molar-refractivity contribution >= 4 is 27.9 Å². The topological polar surface area (TPSA) is 144 Å². The molecule has 10 nitrogen and oxygen atoms in total. The van der Waals surface area contributed by atoms with E-state index in [4.69, 9.17) is 15.8 Å². The maximum absolute atomic E-state index is 14.3. The first-order valence-corrected chi connectivity index (χ1v) is 16.0. The number of carbonyl (C=O) groups is 1. The Balaban J connectivity index is 1.44. The number of hydrogen-bond acceptors (Lipinski definition) is 9. The van der Waals surface area contributed by atoms with Crippen molar-refractivity contribution in [3.63, 3.8) is 0 Å². The van der Waals surface area contributed by atoms with Gasteiger partial charge in [0.2, 0.25) is 0 Å². The molecule has 0 spiro atoms. The van der Waals surface area contributed by atoms with E-state index in [0.717, 1.165) is 5.69 Å². The molecule has 0 amide bonds. The van der Waals surface area contributed by atoms with Crippen molar-refractivity contribution in [1.29, 1.82) is 5.26 Å². The predicted octanol–water partition coefficient (Wildman–Crippen LogP) is 7.65. The summed E-state index contributed by atoms with van der Waals surface area (Å²) in [6.07, 6.45) is 2.53. The average molecular weight is 658 g/mol. The number of nitrogens with two attached hydrogens (primary N) is 1. The molecule has 2 N–H and O–H groups in total. The molecule has 1 aliphatic heterocycles. The lowest BCUT2D eigenvalue weighted by Gasteiger charge is -2.42. The third-order valence-corrected chi connectivity index (χ3v) is 9.46. The summed E-state index contributed by atoms with van der Waals surface area (Å²) >= 11 is 1.31. The Hall–Kier alpha value is -5.93. The summed E-state index contributed by atoms with van der Waals surface area (Å²) in [6.45, 7) is 4.03. The first kappa shape index (κ1) is 30.7. The molecule has 5 aromatic rings. The summed E-state index contributed by atoms with van der Waals surface area (Å²) in [4.78, 5) is 31.8. The number of nitro benzene ring substituents is 1. The number of carbonyl (C=O) groups excluding carboxylic acids is 1. The first-order chi connectivity index (χ1) is 23.0. The number of Topliss-reactive ketones (excluding diaryl/α,β-unsaturated/α-hetero) is 1. The molecular formula is C36H28FN7O3S. The Morgan fingerprint density at radius 3 is 2.40 bits per heavy atom. The molecule has 48 heavy (non-hydrogen) atoms. The molecule has 0 saturated heterocycles. The number of nitriles is 1. The summed E-state index contributed by atoms with van der Waals surface area (Å²) < 4.78 is 15.3. The second-order valence-electron chi connectivity index (χ2n) is 12.5. The van der Waals surface area contributed by atoms with E-state index >= 15 is 0 Å². The number of rotatable bonds is 6. The molecule has 1 unspecified atom stereocenters. The fourth-order valence-corrected chi connectivity index (χ4v) is 7.31. The zero-order chi connectivity index (χ0) is 33.7. The summed E-state index contributed by atoms with van der Waals surface area (Å²) in [5, 5.41) is 29.4. The van der Waals surface area contributed by atoms with E-state index in [0.29, 0.717) is 50.9 Å². The SMILES string of the molecule is CC1(C)CC(=O)C2=C(C1)N(c1nc(-c3ccc(F)cc3)cs1)C(N)=C(C#N)C2c1cn(-c2ccccc2)nc1-c1ccc([N+](=O)[O-])cc1. The average Bonchev–Trinajstić information content (AvgIpc) is 3.73. The van der Waals surface area contributed by atoms with Crippen LogP contribution in [-0.2, 0) is 4.79 Å². The van der Waals surface area contributed by atoms with E-state index < -0.39 is 16.3 Å². The van der Waals surface area contributed by atoms with Crippen LogP contribution in [0.5, 0.6) is 0 Å². The van der Waals surface area contributed by atoms with Gasteiger partial charge in [0.25, 0.3) is 5.69 Å². The highest BCUT2D eigenvalue weighted by molar-refractivity contribution is 7.14. The molecule has 0 saturated carbocycles. The highest BCUT2D eigenvalue weighted by Gasteiger charge is 2.46. The molecule has 238 valence electrons. The monoisotopic (exact) mass is 657 g/mol. The second-order valence-corrected chi connectivity index (χ2v) is 13.4. The van der Waals surface area contributed by atoms with Crippen LogP contribution in [0.3, 0.4) is 0 Å². The Morgan fingerprint density at radius 2 is 1.73 bits per heavy atom. The van der Waals surface area contributed by atoms with Gasteiger partial charge in [-0.3, -0.25) is 19.8 Å². The number of thiazole rings is 1. The summed E-state index contributed by atoms with van der Waals surface area (Å²) in [5.41, 5.74) is 11.4. The number of benzene rings is 3. The Bertz CT molecular complexity index is 2190. The standard InChI is InChI=1S/C36H28FN7O3S/c1-36(2)16-29-32(30(45)17-36)31(26(18-38)34(39)43(29)35-40-28(20-48-35)21-8-12-23(37)13-9-21)27-19-42(24-6-4-3-5-7-24)41-33(27)22-10-14-25(15-11-22)44(46)47/h3-15,19-20,31H,16-17,39H2,1-2H3. The number of halogens is 1. The molecule has 12 heteroatoms. The number of para-hydroxylation sites is 1. The van der Waals surface area contributed by atoms with Gasteiger partial charge < -0.3 is 5.73 Å². The number of aromatic nitrogens is 3. The predicted molar refractivity (Wildman–Crippen MR) is 180 cm³/mol. The van der Waals surface area contributed by atoms with Gasteiger partial charge >= 0.3 is 0 Å². The normalized spacial score (nSPS) is 17.3. The van der Waals surface area contributed by atoms with Crippen LogP contribution in [0.15, 0.2) is 113 Å². The number of nitrogens with zero attached hydrogens (tertiary/aromatic N) is 6. The number of hydrogen-bond donors (Lipinski definition) is 1. The quantitative estimate of drug-likeness (QED) is 0.145. The number of ketones is 1. The van der Waals surface area contributed by atoms with Crippen LogP contribution in [-0.4, -0.2) is 25.5 Å². The third-order valence-electron chi connectivity index (χ3n) is 8.63. The summed E-state index contributed by atoms with van der Waals surface area (Å²) in [6, 6.07) is 23.8. The maximum atomic E-state index is 14.3. The smallest absolute Gasteiger partial charge is 0.269 e. The van der Waals surface area contributed by atoms with Crippen molar-refractivity contribution in [2.45, 2.75) is 32.6 Å². The van der Waals surface area contributed by atoms with Crippen molar-refractivity contribution in [3.05, 3.63) is 135 Å². The van der Waals surface area contributed by atoms with Crippen LogP contribution in [0.4, 0.5) is 15.2 Å². The minimum Gasteiger partial charge on any atom is -0.384 e. The van der Waals surface area contributed by atoms with Gasteiger partial charge in [0.05, 0.1) is 39.6 Å². The molecule has 0 bridgehead atoms. The molecule has 2 aromatic heterocycles. The van der Waals surface area contributed by atoms with Crippen LogP contribution in [0.2, 0.25) is 0 Å². The van der Waals surface area contributed by atoms with Gasteiger partial charge in [-0.05, 0) is 60.4 Å². The van der Waals surface area contributed by atoms with Crippen LogP contribution in [0.1, 0.15) is 38.2 Å². The van der Waals surface area contributed by atoms with E-state index in [1.54, 1.807) is 40.0 Å². The zero-order valence-corrected chi connectivity index (χ0v) is 26.7. The molecule has 1 atom stereocenters. The van der Waals surface area contributed by atoms with Crippen molar-refractivity contribution in [2.75, 3.05) is 4.90 Å². The largest absolute Gasteiger partial charge is 0.384 e. The molecule has 1 aliphatic carbocycles. The lowest BCUT2D eigenvalue weighted by atomic mass is 9.68. The fraction of sp³-hybridized carbons (Fsp3) is 0.167. The molecule has 7 rings (SSSR count). The van der Waals surface area contributed by atoms with Gasteiger partial charge in [-0.15, -0.1) is 11.3 Å². The number of nitro groups is 1. The molecule has 0 fully saturated rings. The van der Waals surface area contributed by atoms with E-state index in [1.807, 2.05) is 49.6 Å². The summed E-state index contributed by atoms with van der Waals surface area (Å²) in [7, 11) is 0. The molecular weight excluding hydrogens is 630 g/mol. The molecule has 3 heterocycles.